The molecule has 0 aliphatic rings. The van der Waals surface area contributed by atoms with E-state index in [9.17, 15) is 9.59 Å². The number of carbonyl (C=O) groups excluding carboxylic acids is 2. The molecule has 3 aromatic rings. The molecule has 0 aliphatic carbocycles. The quantitative estimate of drug-likeness (QED) is 0.543. The van der Waals surface area contributed by atoms with E-state index in [4.69, 9.17) is 9.47 Å². The number of hydrogen-bond donors (Lipinski definition) is 1. The number of anilines is 1. The van der Waals surface area contributed by atoms with Crippen LogP contribution in [-0.2, 0) is 4.79 Å². The summed E-state index contributed by atoms with van der Waals surface area (Å²) in [6, 6.07) is 14.5. The molecule has 1 amide bonds. The van der Waals surface area contributed by atoms with Crippen LogP contribution in [0.5, 0.6) is 11.5 Å². The Kier molecular flexibility index (Phi) is 6.61. The van der Waals surface area contributed by atoms with Crippen LogP contribution in [0.2, 0.25) is 0 Å². The standard InChI is InChI=1S/C22H22N2O4S/c1-14-21(16-6-10-18(28-3)11-7-16)24-22(29-14)23-20(26)13-12-19(25)15-4-8-17(27-2)9-5-15/h4-11H,12-13H2,1-3H3,(H,23,24,26). The van der Waals surface area contributed by atoms with E-state index in [1.165, 1.54) is 11.3 Å². The number of aromatic nitrogens is 1. The third-order valence-electron chi connectivity index (χ3n) is 4.40. The van der Waals surface area contributed by atoms with Crippen molar-refractivity contribution in [2.75, 3.05) is 19.5 Å². The van der Waals surface area contributed by atoms with Crippen LogP contribution >= 0.6 is 11.3 Å². The van der Waals surface area contributed by atoms with Gasteiger partial charge in [0, 0.05) is 28.8 Å². The van der Waals surface area contributed by atoms with Gasteiger partial charge in [0.2, 0.25) is 5.91 Å². The molecule has 1 aromatic heterocycles. The zero-order chi connectivity index (χ0) is 20.8. The Labute approximate surface area is 173 Å². The average molecular weight is 410 g/mol. The zero-order valence-electron chi connectivity index (χ0n) is 16.5. The number of ketones is 1. The van der Waals surface area contributed by atoms with Crippen LogP contribution in [0.25, 0.3) is 11.3 Å². The molecule has 150 valence electrons. The summed E-state index contributed by atoms with van der Waals surface area (Å²) in [6.45, 7) is 1.96. The molecule has 6 nitrogen and oxygen atoms in total. The number of nitrogens with zero attached hydrogens (tertiary/aromatic N) is 1. The minimum atomic E-state index is -0.234. The van der Waals surface area contributed by atoms with Gasteiger partial charge in [0.1, 0.15) is 11.5 Å². The number of nitrogens with one attached hydrogen (secondary N) is 1. The number of methoxy groups -OCH3 is 2. The van der Waals surface area contributed by atoms with Crippen molar-refractivity contribution in [2.24, 2.45) is 0 Å². The number of Topliss-reactive ketones (excluding diaryl/α,β-unsaturated/α-hetero) is 1. The third-order valence-corrected chi connectivity index (χ3v) is 5.28. The van der Waals surface area contributed by atoms with Crippen molar-refractivity contribution in [1.29, 1.82) is 0 Å². The lowest BCUT2D eigenvalue weighted by Crippen LogP contribution is -2.13. The van der Waals surface area contributed by atoms with Gasteiger partial charge < -0.3 is 14.8 Å². The SMILES string of the molecule is COc1ccc(C(=O)CCC(=O)Nc2nc(-c3ccc(OC)cc3)c(C)s2)cc1. The highest BCUT2D eigenvalue weighted by Crippen LogP contribution is 2.31. The molecule has 0 radical (unpaired) electrons. The van der Waals surface area contributed by atoms with E-state index in [0.717, 1.165) is 21.9 Å². The van der Waals surface area contributed by atoms with Gasteiger partial charge in [-0.25, -0.2) is 4.98 Å². The van der Waals surface area contributed by atoms with Crippen LogP contribution in [0.1, 0.15) is 28.1 Å². The highest BCUT2D eigenvalue weighted by Gasteiger charge is 2.14. The average Bonchev–Trinajstić information content (AvgIpc) is 3.11. The topological polar surface area (TPSA) is 77.5 Å². The largest absolute Gasteiger partial charge is 0.497 e. The van der Waals surface area contributed by atoms with E-state index in [0.29, 0.717) is 16.4 Å². The van der Waals surface area contributed by atoms with Gasteiger partial charge >= 0.3 is 0 Å². The van der Waals surface area contributed by atoms with Gasteiger partial charge in [-0.3, -0.25) is 9.59 Å². The van der Waals surface area contributed by atoms with Crippen LogP contribution in [0.4, 0.5) is 5.13 Å². The minimum Gasteiger partial charge on any atom is -0.497 e. The summed E-state index contributed by atoms with van der Waals surface area (Å²) < 4.78 is 10.3. The molecule has 2 aromatic carbocycles. The molecule has 1 heterocycles. The molecule has 1 N–H and O–H groups in total. The first-order chi connectivity index (χ1) is 14.0. The van der Waals surface area contributed by atoms with Crippen molar-refractivity contribution in [2.45, 2.75) is 19.8 Å². The fourth-order valence-corrected chi connectivity index (χ4v) is 3.65. The van der Waals surface area contributed by atoms with Crippen LogP contribution in [-0.4, -0.2) is 30.9 Å². The molecule has 7 heteroatoms. The Morgan fingerprint density at radius 2 is 1.52 bits per heavy atom. The van der Waals surface area contributed by atoms with Crippen molar-refractivity contribution in [3.63, 3.8) is 0 Å². The number of thiazole rings is 1. The number of hydrogen-bond acceptors (Lipinski definition) is 6. The summed E-state index contributed by atoms with van der Waals surface area (Å²) >= 11 is 1.41. The molecule has 0 unspecified atom stereocenters. The predicted molar refractivity (Wildman–Crippen MR) is 114 cm³/mol. The molecular formula is C22H22N2O4S. The first-order valence-corrected chi connectivity index (χ1v) is 9.90. The number of benzene rings is 2. The van der Waals surface area contributed by atoms with Crippen molar-refractivity contribution in [1.82, 2.24) is 4.98 Å². The molecule has 0 fully saturated rings. The molecule has 0 spiro atoms. The summed E-state index contributed by atoms with van der Waals surface area (Å²) in [4.78, 5) is 30.0. The molecule has 3 rings (SSSR count). The first kappa shape index (κ1) is 20.5. The molecule has 0 saturated heterocycles. The number of aryl methyl sites for hydroxylation is 1. The maximum absolute atomic E-state index is 12.3. The predicted octanol–water partition coefficient (Wildman–Crippen LogP) is 4.74. The summed E-state index contributed by atoms with van der Waals surface area (Å²) in [5.41, 5.74) is 2.34. The number of rotatable bonds is 8. The first-order valence-electron chi connectivity index (χ1n) is 9.09. The van der Waals surface area contributed by atoms with Gasteiger partial charge in [0.15, 0.2) is 10.9 Å². The van der Waals surface area contributed by atoms with Crippen molar-refractivity contribution >= 4 is 28.2 Å². The molecule has 29 heavy (non-hydrogen) atoms. The van der Waals surface area contributed by atoms with Crippen LogP contribution in [0.15, 0.2) is 48.5 Å². The number of carbonyl (C=O) groups is 2. The zero-order valence-corrected chi connectivity index (χ0v) is 17.3. The molecule has 0 atom stereocenters. The summed E-state index contributed by atoms with van der Waals surface area (Å²) in [5.74, 6) is 1.14. The fraction of sp³-hybridized carbons (Fsp3) is 0.227. The maximum Gasteiger partial charge on any atom is 0.226 e. The summed E-state index contributed by atoms with van der Waals surface area (Å²) in [7, 11) is 3.19. The lowest BCUT2D eigenvalue weighted by molar-refractivity contribution is -0.116. The molecular weight excluding hydrogens is 388 g/mol. The Morgan fingerprint density at radius 1 is 0.931 bits per heavy atom. The van der Waals surface area contributed by atoms with Gasteiger partial charge in [0.05, 0.1) is 19.9 Å². The Bertz CT molecular complexity index is 995. The van der Waals surface area contributed by atoms with Gasteiger partial charge in [-0.05, 0) is 55.5 Å². The van der Waals surface area contributed by atoms with Gasteiger partial charge in [-0.2, -0.15) is 0 Å². The van der Waals surface area contributed by atoms with Crippen LogP contribution in [0, 0.1) is 6.92 Å². The molecule has 0 bridgehead atoms. The van der Waals surface area contributed by atoms with Crippen molar-refractivity contribution < 1.29 is 19.1 Å². The summed E-state index contributed by atoms with van der Waals surface area (Å²) in [5, 5.41) is 3.32. The van der Waals surface area contributed by atoms with Gasteiger partial charge in [-0.1, -0.05) is 0 Å². The lowest BCUT2D eigenvalue weighted by atomic mass is 10.1. The fourth-order valence-electron chi connectivity index (χ4n) is 2.80. The number of ether oxygens (including phenoxy) is 2. The van der Waals surface area contributed by atoms with Gasteiger partial charge in [0.25, 0.3) is 0 Å². The molecule has 0 saturated carbocycles. The Balaban J connectivity index is 1.58. The lowest BCUT2D eigenvalue weighted by Gasteiger charge is -2.04. The second kappa shape index (κ2) is 9.34. The molecule has 0 aliphatic heterocycles. The highest BCUT2D eigenvalue weighted by atomic mass is 32.1. The van der Waals surface area contributed by atoms with E-state index < -0.39 is 0 Å². The van der Waals surface area contributed by atoms with Crippen LogP contribution < -0.4 is 14.8 Å². The highest BCUT2D eigenvalue weighted by molar-refractivity contribution is 7.16. The van der Waals surface area contributed by atoms with E-state index in [2.05, 4.69) is 10.3 Å². The van der Waals surface area contributed by atoms with Crippen LogP contribution in [0.3, 0.4) is 0 Å². The van der Waals surface area contributed by atoms with E-state index in [1.807, 2.05) is 31.2 Å². The monoisotopic (exact) mass is 410 g/mol. The maximum atomic E-state index is 12.3. The Morgan fingerprint density at radius 3 is 2.10 bits per heavy atom. The van der Waals surface area contributed by atoms with Crippen molar-refractivity contribution in [3.8, 4) is 22.8 Å². The van der Waals surface area contributed by atoms with Crippen molar-refractivity contribution in [3.05, 3.63) is 59.0 Å². The van der Waals surface area contributed by atoms with E-state index in [1.54, 1.807) is 38.5 Å². The van der Waals surface area contributed by atoms with Gasteiger partial charge in [-0.15, -0.1) is 11.3 Å². The smallest absolute Gasteiger partial charge is 0.226 e. The number of amides is 1. The normalized spacial score (nSPS) is 10.4. The van der Waals surface area contributed by atoms with E-state index >= 15 is 0 Å². The van der Waals surface area contributed by atoms with E-state index in [-0.39, 0.29) is 24.5 Å². The minimum absolute atomic E-state index is 0.0861. The Hall–Kier alpha value is -3.19. The second-order valence-corrected chi connectivity index (χ2v) is 7.56. The second-order valence-electron chi connectivity index (χ2n) is 6.35. The third kappa shape index (κ3) is 5.20. The summed E-state index contributed by atoms with van der Waals surface area (Å²) in [6.07, 6.45) is 0.231.